The summed E-state index contributed by atoms with van der Waals surface area (Å²) in [6.45, 7) is 10.0. The molecule has 1 aromatic heterocycles. The number of aryl methyl sites for hydroxylation is 1. The third kappa shape index (κ3) is 6.02. The van der Waals surface area contributed by atoms with Crippen LogP contribution in [0.1, 0.15) is 37.3 Å². The summed E-state index contributed by atoms with van der Waals surface area (Å²) in [6.07, 6.45) is 3.86. The zero-order chi connectivity index (χ0) is 15.1. The van der Waals surface area contributed by atoms with E-state index >= 15 is 0 Å². The van der Waals surface area contributed by atoms with E-state index in [9.17, 15) is 0 Å². The van der Waals surface area contributed by atoms with Crippen LogP contribution >= 0.6 is 11.3 Å². The van der Waals surface area contributed by atoms with Crippen molar-refractivity contribution in [2.24, 2.45) is 5.92 Å². The minimum Gasteiger partial charge on any atom is -0.378 e. The van der Waals surface area contributed by atoms with Gasteiger partial charge in [-0.3, -0.25) is 0 Å². The molecule has 2 unspecified atom stereocenters. The zero-order valence-corrected chi connectivity index (χ0v) is 14.2. The van der Waals surface area contributed by atoms with Gasteiger partial charge < -0.3 is 14.8 Å². The van der Waals surface area contributed by atoms with Gasteiger partial charge in [-0.2, -0.15) is 0 Å². The second kappa shape index (κ2) is 8.83. The van der Waals surface area contributed by atoms with Gasteiger partial charge in [0.2, 0.25) is 0 Å². The molecule has 1 aliphatic heterocycles. The van der Waals surface area contributed by atoms with E-state index in [1.165, 1.54) is 4.88 Å². The maximum absolute atomic E-state index is 6.01. The van der Waals surface area contributed by atoms with Crippen LogP contribution in [0.2, 0.25) is 0 Å². The fraction of sp³-hybridized carbons (Fsp3) is 0.812. The predicted molar refractivity (Wildman–Crippen MR) is 87.0 cm³/mol. The first-order valence-electron chi connectivity index (χ1n) is 7.98. The molecule has 2 atom stereocenters. The molecule has 1 N–H and O–H groups in total. The van der Waals surface area contributed by atoms with Gasteiger partial charge in [-0.1, -0.05) is 13.8 Å². The minimum absolute atomic E-state index is 0.276. The summed E-state index contributed by atoms with van der Waals surface area (Å²) in [4.78, 5) is 5.59. The molecule has 1 aliphatic rings. The Balaban J connectivity index is 1.53. The van der Waals surface area contributed by atoms with Crippen LogP contribution in [0.25, 0.3) is 0 Å². The highest BCUT2D eigenvalue weighted by molar-refractivity contribution is 7.09. The Labute approximate surface area is 132 Å². The van der Waals surface area contributed by atoms with E-state index in [2.05, 4.69) is 31.1 Å². The highest BCUT2D eigenvalue weighted by atomic mass is 32.1. The van der Waals surface area contributed by atoms with Crippen molar-refractivity contribution in [2.75, 3.05) is 26.3 Å². The van der Waals surface area contributed by atoms with E-state index in [4.69, 9.17) is 9.47 Å². The first-order valence-corrected chi connectivity index (χ1v) is 8.86. The van der Waals surface area contributed by atoms with E-state index in [0.29, 0.717) is 12.0 Å². The Kier molecular flexibility index (Phi) is 7.10. The molecule has 2 rings (SSSR count). The highest BCUT2D eigenvalue weighted by Crippen LogP contribution is 2.20. The third-order valence-corrected chi connectivity index (χ3v) is 4.74. The second-order valence-corrected chi connectivity index (χ2v) is 7.13. The molecule has 0 saturated carbocycles. The van der Waals surface area contributed by atoms with E-state index in [-0.39, 0.29) is 6.10 Å². The minimum atomic E-state index is 0.276. The average molecular weight is 312 g/mol. The van der Waals surface area contributed by atoms with Gasteiger partial charge in [-0.05, 0) is 32.2 Å². The van der Waals surface area contributed by atoms with Crippen molar-refractivity contribution in [3.8, 4) is 0 Å². The molecule has 120 valence electrons. The van der Waals surface area contributed by atoms with Crippen LogP contribution in [0.5, 0.6) is 0 Å². The van der Waals surface area contributed by atoms with E-state index in [1.54, 1.807) is 11.3 Å². The maximum atomic E-state index is 6.01. The third-order valence-electron chi connectivity index (χ3n) is 3.74. The van der Waals surface area contributed by atoms with Crippen LogP contribution in [0.4, 0.5) is 0 Å². The van der Waals surface area contributed by atoms with Crippen LogP contribution in [0, 0.1) is 12.8 Å². The number of hydrogen-bond donors (Lipinski definition) is 1. The molecule has 0 aliphatic carbocycles. The Bertz CT molecular complexity index is 409. The van der Waals surface area contributed by atoms with Gasteiger partial charge in [0.05, 0.1) is 36.6 Å². The van der Waals surface area contributed by atoms with Crippen molar-refractivity contribution < 1.29 is 9.47 Å². The van der Waals surface area contributed by atoms with Gasteiger partial charge in [-0.25, -0.2) is 4.98 Å². The molecule has 5 heteroatoms. The lowest BCUT2D eigenvalue weighted by molar-refractivity contribution is -0.0136. The van der Waals surface area contributed by atoms with Gasteiger partial charge >= 0.3 is 0 Å². The quantitative estimate of drug-likeness (QED) is 0.712. The lowest BCUT2D eigenvalue weighted by Gasteiger charge is -2.15. The zero-order valence-electron chi connectivity index (χ0n) is 13.4. The number of nitrogens with one attached hydrogen (secondary N) is 1. The average Bonchev–Trinajstić information content (AvgIpc) is 3.04. The SMILES string of the molecule is Cc1ncsc1CCOCC1CCC(CNCC(C)C)O1. The summed E-state index contributed by atoms with van der Waals surface area (Å²) < 4.78 is 11.8. The van der Waals surface area contributed by atoms with Crippen molar-refractivity contribution in [1.29, 1.82) is 0 Å². The molecule has 21 heavy (non-hydrogen) atoms. The molecule has 0 radical (unpaired) electrons. The molecule has 0 aromatic carbocycles. The summed E-state index contributed by atoms with van der Waals surface area (Å²) >= 11 is 1.71. The smallest absolute Gasteiger partial charge is 0.0813 e. The second-order valence-electron chi connectivity index (χ2n) is 6.20. The summed E-state index contributed by atoms with van der Waals surface area (Å²) in [6, 6.07) is 0. The Morgan fingerprint density at radius 1 is 1.43 bits per heavy atom. The van der Waals surface area contributed by atoms with Crippen molar-refractivity contribution >= 4 is 11.3 Å². The maximum Gasteiger partial charge on any atom is 0.0813 e. The van der Waals surface area contributed by atoms with Crippen LogP contribution < -0.4 is 5.32 Å². The van der Waals surface area contributed by atoms with Crippen LogP contribution in [-0.4, -0.2) is 43.5 Å². The van der Waals surface area contributed by atoms with Crippen molar-refractivity contribution in [3.05, 3.63) is 16.1 Å². The molecular weight excluding hydrogens is 284 g/mol. The number of hydrogen-bond acceptors (Lipinski definition) is 5. The lowest BCUT2D eigenvalue weighted by atomic mass is 10.2. The van der Waals surface area contributed by atoms with Crippen molar-refractivity contribution in [2.45, 2.75) is 52.2 Å². The van der Waals surface area contributed by atoms with Crippen molar-refractivity contribution in [3.63, 3.8) is 0 Å². The molecule has 0 amide bonds. The number of aromatic nitrogens is 1. The molecule has 1 saturated heterocycles. The van der Waals surface area contributed by atoms with E-state index < -0.39 is 0 Å². The summed E-state index contributed by atoms with van der Waals surface area (Å²) in [5.41, 5.74) is 3.04. The Morgan fingerprint density at radius 2 is 2.24 bits per heavy atom. The summed E-state index contributed by atoms with van der Waals surface area (Å²) in [5, 5.41) is 3.47. The van der Waals surface area contributed by atoms with Gasteiger partial charge in [0.15, 0.2) is 0 Å². The first-order chi connectivity index (χ1) is 10.1. The number of rotatable bonds is 9. The standard InChI is InChI=1S/C16H28N2O2S/c1-12(2)8-17-9-14-4-5-15(20-14)10-19-7-6-16-13(3)18-11-21-16/h11-12,14-15,17H,4-10H2,1-3H3. The van der Waals surface area contributed by atoms with Gasteiger partial charge in [-0.15, -0.1) is 11.3 Å². The first kappa shape index (κ1) is 16.9. The number of ether oxygens (including phenoxy) is 2. The van der Waals surface area contributed by atoms with Gasteiger partial charge in [0.25, 0.3) is 0 Å². The van der Waals surface area contributed by atoms with Gasteiger partial charge in [0.1, 0.15) is 0 Å². The molecule has 1 aromatic rings. The normalized spacial score (nSPS) is 22.3. The van der Waals surface area contributed by atoms with Gasteiger partial charge in [0, 0.05) is 17.8 Å². The number of thiazole rings is 1. The molecule has 0 spiro atoms. The van der Waals surface area contributed by atoms with Crippen LogP contribution in [0.15, 0.2) is 5.51 Å². The fourth-order valence-corrected chi connectivity index (χ4v) is 3.29. The summed E-state index contributed by atoms with van der Waals surface area (Å²) in [5.74, 6) is 0.695. The Morgan fingerprint density at radius 3 is 2.95 bits per heavy atom. The molecule has 1 fully saturated rings. The predicted octanol–water partition coefficient (Wildman–Crippen LogP) is 2.80. The lowest BCUT2D eigenvalue weighted by Crippen LogP contribution is -2.30. The van der Waals surface area contributed by atoms with E-state index in [0.717, 1.165) is 51.3 Å². The molecular formula is C16H28N2O2S. The largest absolute Gasteiger partial charge is 0.378 e. The van der Waals surface area contributed by atoms with E-state index in [1.807, 2.05) is 5.51 Å². The monoisotopic (exact) mass is 312 g/mol. The highest BCUT2D eigenvalue weighted by Gasteiger charge is 2.24. The fourth-order valence-electron chi connectivity index (χ4n) is 2.53. The Hall–Kier alpha value is -0.490. The molecule has 2 heterocycles. The number of nitrogens with zero attached hydrogens (tertiary/aromatic N) is 1. The van der Waals surface area contributed by atoms with Crippen LogP contribution in [0.3, 0.4) is 0 Å². The molecule has 4 nitrogen and oxygen atoms in total. The molecule has 0 bridgehead atoms. The van der Waals surface area contributed by atoms with Crippen LogP contribution in [-0.2, 0) is 15.9 Å². The topological polar surface area (TPSA) is 43.4 Å². The van der Waals surface area contributed by atoms with Crippen molar-refractivity contribution in [1.82, 2.24) is 10.3 Å². The summed E-state index contributed by atoms with van der Waals surface area (Å²) in [7, 11) is 0.